The summed E-state index contributed by atoms with van der Waals surface area (Å²) in [6.45, 7) is 9.28. The van der Waals surface area contributed by atoms with Crippen LogP contribution < -0.4 is 5.32 Å². The van der Waals surface area contributed by atoms with E-state index in [1.807, 2.05) is 18.5 Å². The number of nitrogens with zero attached hydrogens (tertiary/aromatic N) is 1. The highest BCUT2D eigenvalue weighted by Crippen LogP contribution is 2.29. The highest BCUT2D eigenvalue weighted by Gasteiger charge is 2.23. The maximum absolute atomic E-state index is 4.17. The Kier molecular flexibility index (Phi) is 5.13. The molecule has 1 heterocycles. The number of rotatable bonds is 5. The minimum absolute atomic E-state index is 0.379. The van der Waals surface area contributed by atoms with Crippen molar-refractivity contribution in [3.8, 4) is 0 Å². The Hall–Kier alpha value is -0.890. The van der Waals surface area contributed by atoms with E-state index >= 15 is 0 Å². The lowest BCUT2D eigenvalue weighted by atomic mass is 9.78. The van der Waals surface area contributed by atoms with Gasteiger partial charge < -0.3 is 5.32 Å². The maximum atomic E-state index is 4.17. The molecular weight excluding hydrogens is 208 g/mol. The Balaban J connectivity index is 2.55. The first kappa shape index (κ1) is 14.2. The van der Waals surface area contributed by atoms with Crippen molar-refractivity contribution in [2.24, 2.45) is 11.3 Å². The van der Waals surface area contributed by atoms with Gasteiger partial charge in [-0.05, 0) is 42.9 Å². The fourth-order valence-electron chi connectivity index (χ4n) is 1.89. The van der Waals surface area contributed by atoms with Gasteiger partial charge in [0.15, 0.2) is 0 Å². The molecular formula is C15H26N2. The molecule has 96 valence electrons. The second kappa shape index (κ2) is 6.15. The molecule has 0 aliphatic heterocycles. The molecule has 2 unspecified atom stereocenters. The topological polar surface area (TPSA) is 24.9 Å². The van der Waals surface area contributed by atoms with E-state index in [1.165, 1.54) is 12.0 Å². The first-order chi connectivity index (χ1) is 7.93. The van der Waals surface area contributed by atoms with Crippen LogP contribution in [0, 0.1) is 11.3 Å². The smallest absolute Gasteiger partial charge is 0.0300 e. The molecule has 0 amide bonds. The molecule has 0 bridgehead atoms. The zero-order chi connectivity index (χ0) is 12.9. The molecule has 0 radical (unpaired) electrons. The van der Waals surface area contributed by atoms with Gasteiger partial charge in [0.25, 0.3) is 0 Å². The Labute approximate surface area is 106 Å². The molecule has 0 fully saturated rings. The quantitative estimate of drug-likeness (QED) is 0.845. The summed E-state index contributed by atoms with van der Waals surface area (Å²) in [4.78, 5) is 4.17. The van der Waals surface area contributed by atoms with Crippen molar-refractivity contribution in [3.63, 3.8) is 0 Å². The largest absolute Gasteiger partial charge is 0.317 e. The van der Waals surface area contributed by atoms with E-state index in [4.69, 9.17) is 0 Å². The first-order valence-electron chi connectivity index (χ1n) is 6.49. The molecule has 0 aliphatic carbocycles. The molecule has 0 saturated heterocycles. The van der Waals surface area contributed by atoms with Gasteiger partial charge in [0, 0.05) is 18.4 Å². The van der Waals surface area contributed by atoms with Gasteiger partial charge in [-0.1, -0.05) is 33.8 Å². The van der Waals surface area contributed by atoms with Crippen LogP contribution in [-0.4, -0.2) is 18.1 Å². The summed E-state index contributed by atoms with van der Waals surface area (Å²) in [6, 6.07) is 4.70. The van der Waals surface area contributed by atoms with Crippen LogP contribution in [-0.2, 0) is 6.42 Å². The van der Waals surface area contributed by atoms with Gasteiger partial charge in [-0.2, -0.15) is 0 Å². The molecule has 0 aliphatic rings. The van der Waals surface area contributed by atoms with E-state index in [2.05, 4.69) is 51.1 Å². The van der Waals surface area contributed by atoms with Crippen molar-refractivity contribution < 1.29 is 0 Å². The Bertz CT molecular complexity index is 313. The molecule has 1 aromatic rings. The van der Waals surface area contributed by atoms with Crippen LogP contribution in [0.2, 0.25) is 0 Å². The molecule has 2 nitrogen and oxygen atoms in total. The van der Waals surface area contributed by atoms with Crippen molar-refractivity contribution in [1.29, 1.82) is 0 Å². The molecule has 1 aromatic heterocycles. The van der Waals surface area contributed by atoms with Crippen molar-refractivity contribution in [3.05, 3.63) is 30.1 Å². The monoisotopic (exact) mass is 234 g/mol. The average Bonchev–Trinajstić information content (AvgIpc) is 2.28. The van der Waals surface area contributed by atoms with Crippen LogP contribution in [0.3, 0.4) is 0 Å². The van der Waals surface area contributed by atoms with Crippen LogP contribution in [0.4, 0.5) is 0 Å². The third kappa shape index (κ3) is 4.86. The van der Waals surface area contributed by atoms with E-state index in [0.29, 0.717) is 17.4 Å². The summed E-state index contributed by atoms with van der Waals surface area (Å²) in [7, 11) is 2.05. The predicted octanol–water partition coefficient (Wildman–Crippen LogP) is 3.28. The summed E-state index contributed by atoms with van der Waals surface area (Å²) >= 11 is 0. The maximum Gasteiger partial charge on any atom is 0.0300 e. The minimum atomic E-state index is 0.379. The molecule has 1 rings (SSSR count). The van der Waals surface area contributed by atoms with E-state index in [9.17, 15) is 0 Å². The summed E-state index contributed by atoms with van der Waals surface area (Å²) < 4.78 is 0. The number of likely N-dealkylation sites (N-methyl/N-ethyl adjacent to an activating group) is 1. The highest BCUT2D eigenvalue weighted by atomic mass is 14.9. The second-order valence-electron chi connectivity index (χ2n) is 6.05. The molecule has 1 N–H and O–H groups in total. The molecule has 0 spiro atoms. The van der Waals surface area contributed by atoms with Crippen LogP contribution in [0.1, 0.15) is 39.7 Å². The standard InChI is InChI=1S/C15H26N2/c1-12(15(2,3)4)9-14(16-5)10-13-7-6-8-17-11-13/h6-8,11-12,14,16H,9-10H2,1-5H3. The number of aromatic nitrogens is 1. The van der Waals surface area contributed by atoms with Crippen LogP contribution >= 0.6 is 0 Å². The van der Waals surface area contributed by atoms with Crippen molar-refractivity contribution in [2.45, 2.75) is 46.6 Å². The molecule has 17 heavy (non-hydrogen) atoms. The Morgan fingerprint density at radius 1 is 1.35 bits per heavy atom. The van der Waals surface area contributed by atoms with Crippen LogP contribution in [0.5, 0.6) is 0 Å². The molecule has 2 heteroatoms. The average molecular weight is 234 g/mol. The van der Waals surface area contributed by atoms with Gasteiger partial charge in [-0.3, -0.25) is 4.98 Å². The fraction of sp³-hybridized carbons (Fsp3) is 0.667. The highest BCUT2D eigenvalue weighted by molar-refractivity contribution is 5.10. The normalized spacial score (nSPS) is 15.6. The van der Waals surface area contributed by atoms with Gasteiger partial charge in [0.1, 0.15) is 0 Å². The lowest BCUT2D eigenvalue weighted by molar-refractivity contribution is 0.225. The Morgan fingerprint density at radius 3 is 2.53 bits per heavy atom. The van der Waals surface area contributed by atoms with Gasteiger partial charge in [-0.25, -0.2) is 0 Å². The summed E-state index contributed by atoms with van der Waals surface area (Å²) in [5, 5.41) is 3.43. The van der Waals surface area contributed by atoms with Crippen molar-refractivity contribution in [2.75, 3.05) is 7.05 Å². The van der Waals surface area contributed by atoms with Crippen LogP contribution in [0.15, 0.2) is 24.5 Å². The molecule has 2 atom stereocenters. The van der Waals surface area contributed by atoms with Gasteiger partial charge in [-0.15, -0.1) is 0 Å². The number of pyridine rings is 1. The zero-order valence-electron chi connectivity index (χ0n) is 11.8. The predicted molar refractivity (Wildman–Crippen MR) is 74.0 cm³/mol. The molecule has 0 aromatic carbocycles. The minimum Gasteiger partial charge on any atom is -0.317 e. The second-order valence-corrected chi connectivity index (χ2v) is 6.05. The van der Waals surface area contributed by atoms with Crippen LogP contribution in [0.25, 0.3) is 0 Å². The number of hydrogen-bond acceptors (Lipinski definition) is 2. The lowest BCUT2D eigenvalue weighted by Crippen LogP contribution is -2.33. The SMILES string of the molecule is CNC(Cc1cccnc1)CC(C)C(C)(C)C. The number of hydrogen-bond donors (Lipinski definition) is 1. The number of nitrogens with one attached hydrogen (secondary N) is 1. The molecule has 0 saturated carbocycles. The lowest BCUT2D eigenvalue weighted by Gasteiger charge is -2.30. The van der Waals surface area contributed by atoms with E-state index < -0.39 is 0 Å². The Morgan fingerprint density at radius 2 is 2.06 bits per heavy atom. The van der Waals surface area contributed by atoms with Gasteiger partial charge in [0.2, 0.25) is 0 Å². The summed E-state index contributed by atoms with van der Waals surface area (Å²) in [6.07, 6.45) is 6.06. The first-order valence-corrected chi connectivity index (χ1v) is 6.49. The van der Waals surface area contributed by atoms with E-state index in [0.717, 1.165) is 6.42 Å². The fourth-order valence-corrected chi connectivity index (χ4v) is 1.89. The van der Waals surface area contributed by atoms with E-state index in [-0.39, 0.29) is 0 Å². The van der Waals surface area contributed by atoms with E-state index in [1.54, 1.807) is 0 Å². The van der Waals surface area contributed by atoms with Gasteiger partial charge in [0.05, 0.1) is 0 Å². The third-order valence-corrected chi connectivity index (χ3v) is 3.73. The summed E-state index contributed by atoms with van der Waals surface area (Å²) in [5.74, 6) is 0.705. The van der Waals surface area contributed by atoms with Gasteiger partial charge >= 0.3 is 0 Å². The zero-order valence-corrected chi connectivity index (χ0v) is 11.8. The summed E-state index contributed by atoms with van der Waals surface area (Å²) in [5.41, 5.74) is 1.69. The van der Waals surface area contributed by atoms with Crippen molar-refractivity contribution >= 4 is 0 Å². The van der Waals surface area contributed by atoms with Crippen molar-refractivity contribution in [1.82, 2.24) is 10.3 Å². The third-order valence-electron chi connectivity index (χ3n) is 3.73.